The average Bonchev–Trinajstić information content (AvgIpc) is 2.92. The average molecular weight is 535 g/mol. The molecule has 6 nitrogen and oxygen atoms in total. The van der Waals surface area contributed by atoms with Gasteiger partial charge in [-0.2, -0.15) is 0 Å². The summed E-state index contributed by atoms with van der Waals surface area (Å²) in [7, 11) is 1.73. The molecule has 7 atom stereocenters. The lowest BCUT2D eigenvalue weighted by Crippen LogP contribution is -2.56. The number of hydrogen-bond donors (Lipinski definition) is 2. The molecule has 0 radical (unpaired) electrons. The van der Waals surface area contributed by atoms with Gasteiger partial charge in [0, 0.05) is 26.6 Å². The number of ether oxygens (including phenoxy) is 1. The number of methoxy groups -OCH3 is 1. The fourth-order valence-electron chi connectivity index (χ4n) is 7.78. The van der Waals surface area contributed by atoms with Gasteiger partial charge in [-0.05, 0) is 56.8 Å². The van der Waals surface area contributed by atoms with E-state index in [0.717, 1.165) is 64.3 Å². The first kappa shape index (κ1) is 31.4. The molecule has 0 bridgehead atoms. The molecule has 2 N–H and O–H groups in total. The van der Waals surface area contributed by atoms with Gasteiger partial charge in [0.15, 0.2) is 0 Å². The molecule has 220 valence electrons. The third-order valence-electron chi connectivity index (χ3n) is 9.97. The van der Waals surface area contributed by atoms with E-state index in [4.69, 9.17) is 4.74 Å². The summed E-state index contributed by atoms with van der Waals surface area (Å²) in [6.45, 7) is 4.81. The number of carbonyl (C=O) groups excluding carboxylic acids is 2. The first-order chi connectivity index (χ1) is 18.5. The zero-order valence-corrected chi connectivity index (χ0v) is 24.8. The highest BCUT2D eigenvalue weighted by Gasteiger charge is 2.48. The van der Waals surface area contributed by atoms with Crippen molar-refractivity contribution in [1.29, 1.82) is 0 Å². The SMILES string of the molecule is CCCCCCCCCCCCN(C(C)=O)C1CCCC2C(O)C(C(=O)NC3CCCCC3OC)CCC21. The molecule has 0 spiro atoms. The van der Waals surface area contributed by atoms with E-state index in [1.54, 1.807) is 14.0 Å². The molecule has 0 aliphatic heterocycles. The van der Waals surface area contributed by atoms with Crippen LogP contribution in [0.15, 0.2) is 0 Å². The molecular formula is C32H58N2O4. The Kier molecular flexibility index (Phi) is 13.9. The molecule has 0 saturated heterocycles. The highest BCUT2D eigenvalue weighted by molar-refractivity contribution is 5.80. The molecule has 3 fully saturated rings. The Morgan fingerprint density at radius 1 is 0.816 bits per heavy atom. The summed E-state index contributed by atoms with van der Waals surface area (Å²) in [4.78, 5) is 28.1. The van der Waals surface area contributed by atoms with Crippen molar-refractivity contribution in [3.8, 4) is 0 Å². The number of hydrogen-bond acceptors (Lipinski definition) is 4. The smallest absolute Gasteiger partial charge is 0.226 e. The molecule has 0 aromatic heterocycles. The molecule has 7 unspecified atom stereocenters. The van der Waals surface area contributed by atoms with Gasteiger partial charge in [-0.15, -0.1) is 0 Å². The van der Waals surface area contributed by atoms with E-state index >= 15 is 0 Å². The van der Waals surface area contributed by atoms with Gasteiger partial charge in [-0.1, -0.05) is 84.0 Å². The number of nitrogens with one attached hydrogen (secondary N) is 1. The lowest BCUT2D eigenvalue weighted by Gasteiger charge is -2.49. The van der Waals surface area contributed by atoms with E-state index in [2.05, 4.69) is 17.1 Å². The highest BCUT2D eigenvalue weighted by atomic mass is 16.5. The van der Waals surface area contributed by atoms with Gasteiger partial charge in [0.25, 0.3) is 0 Å². The van der Waals surface area contributed by atoms with Crippen LogP contribution in [0.4, 0.5) is 0 Å². The van der Waals surface area contributed by atoms with Crippen molar-refractivity contribution < 1.29 is 19.4 Å². The van der Waals surface area contributed by atoms with Gasteiger partial charge >= 0.3 is 0 Å². The van der Waals surface area contributed by atoms with Crippen molar-refractivity contribution in [2.24, 2.45) is 17.8 Å². The van der Waals surface area contributed by atoms with Crippen molar-refractivity contribution in [1.82, 2.24) is 10.2 Å². The van der Waals surface area contributed by atoms with Crippen LogP contribution in [-0.4, -0.2) is 59.8 Å². The Bertz CT molecular complexity index is 701. The molecule has 38 heavy (non-hydrogen) atoms. The van der Waals surface area contributed by atoms with Crippen molar-refractivity contribution in [2.75, 3.05) is 13.7 Å². The normalized spacial score (nSPS) is 31.4. The topological polar surface area (TPSA) is 78.9 Å². The summed E-state index contributed by atoms with van der Waals surface area (Å²) >= 11 is 0. The largest absolute Gasteiger partial charge is 0.392 e. The molecule has 0 aromatic carbocycles. The van der Waals surface area contributed by atoms with E-state index in [-0.39, 0.29) is 41.8 Å². The maximum atomic E-state index is 13.3. The zero-order valence-electron chi connectivity index (χ0n) is 24.8. The van der Waals surface area contributed by atoms with Gasteiger partial charge in [0.1, 0.15) is 0 Å². The quantitative estimate of drug-likeness (QED) is 0.239. The summed E-state index contributed by atoms with van der Waals surface area (Å²) in [5.74, 6) is 0.237. The standard InChI is InChI=1S/C32H58N2O4/c1-4-5-6-7-8-9-10-11-12-15-23-34(24(2)35)29-19-16-17-26-25(29)21-22-27(31(26)36)32(37)33-28-18-13-14-20-30(28)38-3/h25-31,36H,4-23H2,1-3H3,(H,33,37). The van der Waals surface area contributed by atoms with Crippen molar-refractivity contribution >= 4 is 11.8 Å². The first-order valence-corrected chi connectivity index (χ1v) is 16.3. The van der Waals surface area contributed by atoms with Gasteiger partial charge in [0.05, 0.1) is 24.2 Å². The number of carbonyl (C=O) groups is 2. The van der Waals surface area contributed by atoms with E-state index in [1.165, 1.54) is 57.8 Å². The zero-order chi connectivity index (χ0) is 27.3. The fourth-order valence-corrected chi connectivity index (χ4v) is 7.78. The lowest BCUT2D eigenvalue weighted by atomic mass is 9.63. The minimum atomic E-state index is -0.618. The third kappa shape index (κ3) is 8.94. The van der Waals surface area contributed by atoms with E-state index < -0.39 is 6.10 Å². The maximum Gasteiger partial charge on any atom is 0.226 e. The van der Waals surface area contributed by atoms with Crippen LogP contribution in [0.3, 0.4) is 0 Å². The Morgan fingerprint density at radius 3 is 2.13 bits per heavy atom. The van der Waals surface area contributed by atoms with Gasteiger partial charge in [-0.3, -0.25) is 9.59 Å². The number of aliphatic hydroxyl groups excluding tert-OH is 1. The van der Waals surface area contributed by atoms with Crippen LogP contribution in [-0.2, 0) is 14.3 Å². The molecule has 0 heterocycles. The molecule has 2 amide bonds. The van der Waals surface area contributed by atoms with Crippen molar-refractivity contribution in [3.05, 3.63) is 0 Å². The molecule has 3 aliphatic carbocycles. The number of fused-ring (bicyclic) bond motifs is 1. The van der Waals surface area contributed by atoms with Crippen molar-refractivity contribution in [2.45, 2.75) is 160 Å². The maximum absolute atomic E-state index is 13.3. The summed E-state index contributed by atoms with van der Waals surface area (Å²) < 4.78 is 5.63. The van der Waals surface area contributed by atoms with Crippen LogP contribution in [0.5, 0.6) is 0 Å². The molecule has 6 heteroatoms. The van der Waals surface area contributed by atoms with Crippen LogP contribution >= 0.6 is 0 Å². The minimum absolute atomic E-state index is 0.000751. The second-order valence-electron chi connectivity index (χ2n) is 12.6. The summed E-state index contributed by atoms with van der Waals surface area (Å²) in [6, 6.07) is 0.263. The minimum Gasteiger partial charge on any atom is -0.392 e. The van der Waals surface area contributed by atoms with Gasteiger partial charge in [0.2, 0.25) is 11.8 Å². The third-order valence-corrected chi connectivity index (χ3v) is 9.97. The molecule has 3 rings (SSSR count). The van der Waals surface area contributed by atoms with Crippen LogP contribution in [0.2, 0.25) is 0 Å². The Balaban J connectivity index is 1.46. The van der Waals surface area contributed by atoms with Gasteiger partial charge in [-0.25, -0.2) is 0 Å². The predicted molar refractivity (Wildman–Crippen MR) is 154 cm³/mol. The first-order valence-electron chi connectivity index (χ1n) is 16.3. The summed E-state index contributed by atoms with van der Waals surface area (Å²) in [6.07, 6.45) is 21.2. The number of nitrogens with zero attached hydrogens (tertiary/aromatic N) is 1. The number of amides is 2. The highest BCUT2D eigenvalue weighted by Crippen LogP contribution is 2.45. The van der Waals surface area contributed by atoms with Crippen LogP contribution < -0.4 is 5.32 Å². The summed E-state index contributed by atoms with van der Waals surface area (Å²) in [5.41, 5.74) is 0. The van der Waals surface area contributed by atoms with Crippen LogP contribution in [0, 0.1) is 17.8 Å². The van der Waals surface area contributed by atoms with Crippen LogP contribution in [0.1, 0.15) is 136 Å². The number of unbranched alkanes of at least 4 members (excludes halogenated alkanes) is 9. The van der Waals surface area contributed by atoms with E-state index in [9.17, 15) is 14.7 Å². The molecule has 3 saturated carbocycles. The summed E-state index contributed by atoms with van der Waals surface area (Å²) in [5, 5.41) is 14.6. The Hall–Kier alpha value is -1.14. The number of aliphatic hydroxyl groups is 1. The second kappa shape index (κ2) is 16.8. The Labute approximate surface area is 233 Å². The lowest BCUT2D eigenvalue weighted by molar-refractivity contribution is -0.144. The van der Waals surface area contributed by atoms with E-state index in [0.29, 0.717) is 12.3 Å². The predicted octanol–water partition coefficient (Wildman–Crippen LogP) is 6.39. The van der Waals surface area contributed by atoms with Crippen LogP contribution in [0.25, 0.3) is 0 Å². The van der Waals surface area contributed by atoms with E-state index in [1.807, 2.05) is 0 Å². The molecule has 3 aliphatic rings. The fraction of sp³-hybridized carbons (Fsp3) is 0.938. The molecule has 0 aromatic rings. The van der Waals surface area contributed by atoms with Crippen molar-refractivity contribution in [3.63, 3.8) is 0 Å². The Morgan fingerprint density at radius 2 is 1.47 bits per heavy atom. The second-order valence-corrected chi connectivity index (χ2v) is 12.6. The monoisotopic (exact) mass is 534 g/mol. The number of rotatable bonds is 15. The van der Waals surface area contributed by atoms with Gasteiger partial charge < -0.3 is 20.1 Å². The molecular weight excluding hydrogens is 476 g/mol.